The molecule has 2 rings (SSSR count). The number of esters is 1. The molecule has 202 valence electrons. The summed E-state index contributed by atoms with van der Waals surface area (Å²) < 4.78 is 32.0. The van der Waals surface area contributed by atoms with Crippen LogP contribution in [0.3, 0.4) is 0 Å². The Morgan fingerprint density at radius 1 is 1.08 bits per heavy atom. The van der Waals surface area contributed by atoms with Crippen molar-refractivity contribution in [1.29, 1.82) is 0 Å². The van der Waals surface area contributed by atoms with Gasteiger partial charge in [0.05, 0.1) is 27.4 Å². The van der Waals surface area contributed by atoms with Crippen LogP contribution >= 0.6 is 0 Å². The van der Waals surface area contributed by atoms with Crippen LogP contribution in [-0.2, 0) is 25.6 Å². The number of alkyl carbamates (subject to hydrolysis) is 1. The van der Waals surface area contributed by atoms with Crippen molar-refractivity contribution >= 4 is 18.2 Å². The second-order valence-corrected chi connectivity index (χ2v) is 9.30. The third-order valence-corrected chi connectivity index (χ3v) is 5.22. The summed E-state index contributed by atoms with van der Waals surface area (Å²) in [6.07, 6.45) is -1.87. The summed E-state index contributed by atoms with van der Waals surface area (Å²) in [6, 6.07) is 3.03. The number of rotatable bonds is 9. The predicted octanol–water partition coefficient (Wildman–Crippen LogP) is 2.29. The number of benzene rings is 1. The Morgan fingerprint density at radius 2 is 1.67 bits per heavy atom. The molecule has 0 saturated carbocycles. The Labute approximate surface area is 210 Å². The summed E-state index contributed by atoms with van der Waals surface area (Å²) >= 11 is 0. The maximum absolute atomic E-state index is 13.0. The minimum Gasteiger partial charge on any atom is -0.493 e. The second-order valence-electron chi connectivity index (χ2n) is 9.30. The summed E-state index contributed by atoms with van der Waals surface area (Å²) in [7, 11) is 2.78. The first-order valence-corrected chi connectivity index (χ1v) is 11.5. The quantitative estimate of drug-likeness (QED) is 0.420. The molecule has 0 radical (unpaired) electrons. The van der Waals surface area contributed by atoms with Gasteiger partial charge in [0.15, 0.2) is 11.5 Å². The van der Waals surface area contributed by atoms with E-state index in [2.05, 4.69) is 10.6 Å². The van der Waals surface area contributed by atoms with Gasteiger partial charge in [-0.25, -0.2) is 14.4 Å². The zero-order chi connectivity index (χ0) is 26.9. The topological polar surface area (TPSA) is 151 Å². The normalized spacial score (nSPS) is 15.8. The molecule has 1 aliphatic heterocycles. The number of aliphatic hydroxyl groups is 1. The van der Waals surface area contributed by atoms with Crippen LogP contribution in [0.5, 0.6) is 17.2 Å². The predicted molar refractivity (Wildman–Crippen MR) is 127 cm³/mol. The van der Waals surface area contributed by atoms with Crippen LogP contribution in [0.15, 0.2) is 12.1 Å². The largest absolute Gasteiger partial charge is 0.493 e. The van der Waals surface area contributed by atoms with Crippen molar-refractivity contribution in [3.05, 3.63) is 17.7 Å². The van der Waals surface area contributed by atoms with Crippen LogP contribution in [-0.4, -0.2) is 74.5 Å². The van der Waals surface area contributed by atoms with Crippen LogP contribution in [0.1, 0.15) is 46.1 Å². The van der Waals surface area contributed by atoms with Gasteiger partial charge in [-0.1, -0.05) is 0 Å². The average molecular weight is 513 g/mol. The third-order valence-electron chi connectivity index (χ3n) is 5.22. The van der Waals surface area contributed by atoms with Crippen molar-refractivity contribution in [3.8, 4) is 17.2 Å². The highest BCUT2D eigenvalue weighted by Gasteiger charge is 2.44. The number of carbonyl (C=O) groups is 3. The molecule has 0 spiro atoms. The Hall–Kier alpha value is -3.25. The van der Waals surface area contributed by atoms with Gasteiger partial charge < -0.3 is 44.2 Å². The smallest absolute Gasteiger partial charge is 0.412 e. The number of carbonyl (C=O) groups excluding carboxylic acids is 3. The molecule has 36 heavy (non-hydrogen) atoms. The van der Waals surface area contributed by atoms with Crippen LogP contribution < -0.4 is 24.8 Å². The van der Waals surface area contributed by atoms with Crippen molar-refractivity contribution in [2.24, 2.45) is 0 Å². The zero-order valence-corrected chi connectivity index (χ0v) is 21.6. The van der Waals surface area contributed by atoms with E-state index in [0.29, 0.717) is 5.56 Å². The Bertz CT molecular complexity index is 897. The molecule has 3 N–H and O–H groups in total. The van der Waals surface area contributed by atoms with Gasteiger partial charge in [-0.3, -0.25) is 0 Å². The van der Waals surface area contributed by atoms with Crippen molar-refractivity contribution < 1.29 is 47.9 Å². The van der Waals surface area contributed by atoms with Crippen molar-refractivity contribution in [2.75, 3.05) is 34.0 Å². The molecule has 1 aromatic carbocycles. The molecule has 0 bridgehead atoms. The van der Waals surface area contributed by atoms with Gasteiger partial charge in [0, 0.05) is 26.1 Å². The summed E-state index contributed by atoms with van der Waals surface area (Å²) in [5.41, 5.74) is -1.52. The van der Waals surface area contributed by atoms with Gasteiger partial charge in [-0.15, -0.1) is 0 Å². The number of amides is 2. The fraction of sp³-hybridized carbons (Fsp3) is 0.625. The molecule has 12 heteroatoms. The molecular weight excluding hydrogens is 476 g/mol. The molecule has 0 aliphatic carbocycles. The fourth-order valence-electron chi connectivity index (χ4n) is 3.42. The maximum Gasteiger partial charge on any atom is 0.412 e. The van der Waals surface area contributed by atoms with E-state index in [4.69, 9.17) is 28.4 Å². The van der Waals surface area contributed by atoms with Crippen LogP contribution in [0.2, 0.25) is 0 Å². The lowest BCUT2D eigenvalue weighted by molar-refractivity contribution is -0.160. The lowest BCUT2D eigenvalue weighted by Gasteiger charge is -2.36. The first-order valence-electron chi connectivity index (χ1n) is 11.5. The number of hydrogen-bond donors (Lipinski definition) is 3. The Kier molecular flexibility index (Phi) is 10.2. The summed E-state index contributed by atoms with van der Waals surface area (Å²) in [6.45, 7) is 6.98. The molecule has 0 aromatic heterocycles. The third kappa shape index (κ3) is 8.16. The number of aliphatic hydroxyl groups excluding tert-OH is 1. The SMILES string of the molecule is COc1cc(CO)cc(OC)c1OC(=O)NCC(C)OC(=O)C1(NC(=O)OC(C)(C)C)CCOCC1. The highest BCUT2D eigenvalue weighted by atomic mass is 16.6. The highest BCUT2D eigenvalue weighted by Crippen LogP contribution is 2.38. The molecular formula is C24H36N2O10. The monoisotopic (exact) mass is 512 g/mol. The van der Waals surface area contributed by atoms with E-state index in [-0.39, 0.29) is 56.5 Å². The average Bonchev–Trinajstić information content (AvgIpc) is 2.82. The van der Waals surface area contributed by atoms with E-state index >= 15 is 0 Å². The minimum absolute atomic E-state index is 0.0297. The highest BCUT2D eigenvalue weighted by molar-refractivity contribution is 5.86. The van der Waals surface area contributed by atoms with E-state index in [1.165, 1.54) is 26.4 Å². The van der Waals surface area contributed by atoms with E-state index in [1.807, 2.05) is 0 Å². The molecule has 1 saturated heterocycles. The molecule has 1 heterocycles. The van der Waals surface area contributed by atoms with Gasteiger partial charge in [-0.05, 0) is 45.4 Å². The second kappa shape index (κ2) is 12.6. The molecule has 1 aromatic rings. The Balaban J connectivity index is 1.99. The van der Waals surface area contributed by atoms with Crippen LogP contribution in [0, 0.1) is 0 Å². The van der Waals surface area contributed by atoms with Crippen molar-refractivity contribution in [1.82, 2.24) is 10.6 Å². The summed E-state index contributed by atoms with van der Waals surface area (Å²) in [5, 5.41) is 14.5. The van der Waals surface area contributed by atoms with Crippen LogP contribution in [0.4, 0.5) is 9.59 Å². The molecule has 2 amide bonds. The fourth-order valence-corrected chi connectivity index (χ4v) is 3.42. The van der Waals surface area contributed by atoms with Gasteiger partial charge >= 0.3 is 18.2 Å². The lowest BCUT2D eigenvalue weighted by atomic mass is 9.90. The summed E-state index contributed by atoms with van der Waals surface area (Å²) in [5.74, 6) is -0.227. The minimum atomic E-state index is -1.30. The van der Waals surface area contributed by atoms with Crippen LogP contribution in [0.25, 0.3) is 0 Å². The zero-order valence-electron chi connectivity index (χ0n) is 21.6. The number of methoxy groups -OCH3 is 2. The van der Waals surface area contributed by atoms with E-state index < -0.39 is 35.4 Å². The van der Waals surface area contributed by atoms with Gasteiger partial charge in [0.25, 0.3) is 0 Å². The van der Waals surface area contributed by atoms with E-state index in [1.54, 1.807) is 27.7 Å². The van der Waals surface area contributed by atoms with Gasteiger partial charge in [0.1, 0.15) is 17.2 Å². The first-order chi connectivity index (χ1) is 16.9. The molecule has 1 unspecified atom stereocenters. The first kappa shape index (κ1) is 29.0. The van der Waals surface area contributed by atoms with E-state index in [0.717, 1.165) is 0 Å². The Morgan fingerprint density at radius 3 is 2.17 bits per heavy atom. The molecule has 1 fully saturated rings. The number of ether oxygens (including phenoxy) is 6. The van der Waals surface area contributed by atoms with Gasteiger partial charge in [0.2, 0.25) is 5.75 Å². The number of hydrogen-bond acceptors (Lipinski definition) is 10. The maximum atomic E-state index is 13.0. The van der Waals surface area contributed by atoms with Gasteiger partial charge in [-0.2, -0.15) is 0 Å². The van der Waals surface area contributed by atoms with E-state index in [9.17, 15) is 19.5 Å². The number of nitrogens with one attached hydrogen (secondary N) is 2. The molecule has 1 atom stereocenters. The summed E-state index contributed by atoms with van der Waals surface area (Å²) in [4.78, 5) is 37.8. The van der Waals surface area contributed by atoms with Crippen molar-refractivity contribution in [2.45, 2.75) is 64.4 Å². The molecule has 1 aliphatic rings. The lowest BCUT2D eigenvalue weighted by Crippen LogP contribution is -2.59. The standard InChI is InChI=1S/C24H36N2O10/c1-15(13-25-21(29)35-19-17(31-5)11-16(14-27)12-18(19)32-6)34-20(28)24(7-9-33-10-8-24)26-22(30)36-23(2,3)4/h11-12,15,27H,7-10,13-14H2,1-6H3,(H,25,29)(H,26,30). The van der Waals surface area contributed by atoms with Crippen molar-refractivity contribution in [3.63, 3.8) is 0 Å². The molecule has 12 nitrogen and oxygen atoms in total.